The lowest BCUT2D eigenvalue weighted by atomic mass is 9.77. The molecule has 0 aliphatic carbocycles. The van der Waals surface area contributed by atoms with Crippen LogP contribution in [0.2, 0.25) is 0 Å². The molecule has 0 N–H and O–H groups in total. The van der Waals surface area contributed by atoms with E-state index in [1.807, 2.05) is 0 Å². The SMILES string of the molecule is CC(=O)OC[C@@]12C=C[C@@H](O1)[C@H]1C(=O)N(Cc3ccco3)C(=O)[C@@H]12. The molecule has 0 unspecified atom stereocenters. The summed E-state index contributed by atoms with van der Waals surface area (Å²) in [5.41, 5.74) is -1.04. The number of amides is 2. The van der Waals surface area contributed by atoms with Crippen LogP contribution in [0.5, 0.6) is 0 Å². The third-order valence-electron chi connectivity index (χ3n) is 4.64. The smallest absolute Gasteiger partial charge is 0.302 e. The minimum absolute atomic E-state index is 0.0654. The monoisotopic (exact) mass is 317 g/mol. The fourth-order valence-corrected chi connectivity index (χ4v) is 3.66. The van der Waals surface area contributed by atoms with Crippen molar-refractivity contribution in [3.63, 3.8) is 0 Å². The van der Waals surface area contributed by atoms with E-state index in [1.165, 1.54) is 18.1 Å². The van der Waals surface area contributed by atoms with Gasteiger partial charge in [0.05, 0.1) is 30.7 Å². The van der Waals surface area contributed by atoms with Crippen molar-refractivity contribution in [3.8, 4) is 0 Å². The van der Waals surface area contributed by atoms with E-state index in [0.717, 1.165) is 0 Å². The van der Waals surface area contributed by atoms with Gasteiger partial charge in [-0.25, -0.2) is 0 Å². The van der Waals surface area contributed by atoms with Gasteiger partial charge in [-0.05, 0) is 18.2 Å². The first-order valence-electron chi connectivity index (χ1n) is 7.40. The average molecular weight is 317 g/mol. The summed E-state index contributed by atoms with van der Waals surface area (Å²) in [5.74, 6) is -1.70. The van der Waals surface area contributed by atoms with Gasteiger partial charge in [0.2, 0.25) is 11.8 Å². The lowest BCUT2D eigenvalue weighted by molar-refractivity contribution is -0.155. The highest BCUT2D eigenvalue weighted by atomic mass is 16.6. The fraction of sp³-hybridized carbons (Fsp3) is 0.438. The number of likely N-dealkylation sites (tertiary alicyclic amines) is 1. The van der Waals surface area contributed by atoms with E-state index < -0.39 is 29.5 Å². The van der Waals surface area contributed by atoms with Crippen LogP contribution in [-0.2, 0) is 30.4 Å². The van der Waals surface area contributed by atoms with Gasteiger partial charge in [0, 0.05) is 6.92 Å². The summed E-state index contributed by atoms with van der Waals surface area (Å²) in [5, 5.41) is 0. The summed E-state index contributed by atoms with van der Waals surface area (Å²) in [6, 6.07) is 3.42. The topological polar surface area (TPSA) is 86.1 Å². The number of carbonyl (C=O) groups excluding carboxylic acids is 3. The lowest BCUT2D eigenvalue weighted by Crippen LogP contribution is -2.44. The number of rotatable bonds is 4. The molecule has 7 heteroatoms. The van der Waals surface area contributed by atoms with Gasteiger partial charge in [-0.1, -0.05) is 6.08 Å². The second-order valence-corrected chi connectivity index (χ2v) is 6.02. The number of fused-ring (bicyclic) bond motifs is 5. The highest BCUT2D eigenvalue weighted by Crippen LogP contribution is 2.52. The number of carbonyl (C=O) groups is 3. The molecule has 3 aliphatic heterocycles. The standard InChI is InChI=1S/C16H15NO6/c1-9(18)22-8-16-5-4-11(23-16)12-13(16)15(20)17(14(12)19)7-10-3-2-6-21-10/h2-6,11-13H,7-8H2,1H3/t11-,12-,13-,16-/m1/s1. The van der Waals surface area contributed by atoms with Crippen LogP contribution in [0.4, 0.5) is 0 Å². The summed E-state index contributed by atoms with van der Waals surface area (Å²) in [7, 11) is 0. The third kappa shape index (κ3) is 1.96. The van der Waals surface area contributed by atoms with Crippen LogP contribution in [0.3, 0.4) is 0 Å². The zero-order chi connectivity index (χ0) is 16.2. The molecule has 4 rings (SSSR count). The summed E-state index contributed by atoms with van der Waals surface area (Å²) in [6.07, 6.45) is 4.56. The first-order valence-corrected chi connectivity index (χ1v) is 7.40. The van der Waals surface area contributed by atoms with Gasteiger partial charge >= 0.3 is 5.97 Å². The van der Waals surface area contributed by atoms with E-state index in [4.69, 9.17) is 13.9 Å². The minimum Gasteiger partial charge on any atom is -0.467 e. The quantitative estimate of drug-likeness (QED) is 0.460. The average Bonchev–Trinajstić information content (AvgIpc) is 3.26. The van der Waals surface area contributed by atoms with Crippen LogP contribution in [0.1, 0.15) is 12.7 Å². The van der Waals surface area contributed by atoms with Crippen LogP contribution < -0.4 is 0 Å². The van der Waals surface area contributed by atoms with Crippen LogP contribution in [0, 0.1) is 11.8 Å². The van der Waals surface area contributed by atoms with E-state index in [1.54, 1.807) is 24.3 Å². The van der Waals surface area contributed by atoms with E-state index in [-0.39, 0.29) is 25.0 Å². The molecular formula is C16H15NO6. The van der Waals surface area contributed by atoms with Crippen molar-refractivity contribution in [3.05, 3.63) is 36.3 Å². The normalized spacial score (nSPS) is 34.3. The van der Waals surface area contributed by atoms with Gasteiger partial charge in [0.25, 0.3) is 0 Å². The Morgan fingerprint density at radius 2 is 2.22 bits per heavy atom. The Balaban J connectivity index is 1.61. The van der Waals surface area contributed by atoms with Crippen LogP contribution >= 0.6 is 0 Å². The number of furan rings is 1. The highest BCUT2D eigenvalue weighted by molar-refractivity contribution is 6.07. The molecule has 2 amide bonds. The molecule has 0 spiro atoms. The van der Waals surface area contributed by atoms with Crippen LogP contribution in [0.15, 0.2) is 35.0 Å². The molecule has 1 aromatic heterocycles. The van der Waals surface area contributed by atoms with Crippen molar-refractivity contribution in [2.45, 2.75) is 25.2 Å². The number of imide groups is 1. The molecule has 4 heterocycles. The van der Waals surface area contributed by atoms with Gasteiger partial charge in [-0.2, -0.15) is 0 Å². The Morgan fingerprint density at radius 3 is 2.91 bits per heavy atom. The first kappa shape index (κ1) is 14.2. The maximum Gasteiger partial charge on any atom is 0.302 e. The Labute approximate surface area is 131 Å². The predicted molar refractivity (Wildman–Crippen MR) is 74.6 cm³/mol. The molecule has 4 atom stereocenters. The predicted octanol–water partition coefficient (Wildman–Crippen LogP) is 0.651. The molecule has 23 heavy (non-hydrogen) atoms. The van der Waals surface area contributed by atoms with E-state index in [9.17, 15) is 14.4 Å². The largest absolute Gasteiger partial charge is 0.467 e. The molecule has 2 saturated heterocycles. The van der Waals surface area contributed by atoms with Gasteiger partial charge in [-0.15, -0.1) is 0 Å². The summed E-state index contributed by atoms with van der Waals surface area (Å²) >= 11 is 0. The number of hydrogen-bond acceptors (Lipinski definition) is 6. The van der Waals surface area contributed by atoms with Crippen molar-refractivity contribution in [1.29, 1.82) is 0 Å². The first-order chi connectivity index (χ1) is 11.0. The summed E-state index contributed by atoms with van der Waals surface area (Å²) in [4.78, 5) is 37.7. The molecule has 2 fully saturated rings. The van der Waals surface area contributed by atoms with Crippen molar-refractivity contribution in [2.24, 2.45) is 11.8 Å². The van der Waals surface area contributed by atoms with Crippen LogP contribution in [-0.4, -0.2) is 41.0 Å². The number of esters is 1. The van der Waals surface area contributed by atoms with Gasteiger partial charge < -0.3 is 13.9 Å². The van der Waals surface area contributed by atoms with Crippen molar-refractivity contribution in [2.75, 3.05) is 6.61 Å². The Bertz CT molecular complexity index is 708. The van der Waals surface area contributed by atoms with Gasteiger partial charge in [0.15, 0.2) is 0 Å². The molecule has 120 valence electrons. The Kier molecular flexibility index (Phi) is 2.96. The van der Waals surface area contributed by atoms with E-state index >= 15 is 0 Å². The number of hydrogen-bond donors (Lipinski definition) is 0. The van der Waals surface area contributed by atoms with Crippen molar-refractivity contribution in [1.82, 2.24) is 4.90 Å². The van der Waals surface area contributed by atoms with E-state index in [0.29, 0.717) is 5.76 Å². The molecule has 0 radical (unpaired) electrons. The van der Waals surface area contributed by atoms with E-state index in [2.05, 4.69) is 0 Å². The Morgan fingerprint density at radius 1 is 1.39 bits per heavy atom. The number of ether oxygens (including phenoxy) is 2. The second kappa shape index (κ2) is 4.79. The Hall–Kier alpha value is -2.41. The molecule has 0 saturated carbocycles. The maximum absolute atomic E-state index is 12.8. The molecule has 3 aliphatic rings. The minimum atomic E-state index is -1.04. The van der Waals surface area contributed by atoms with Crippen molar-refractivity contribution >= 4 is 17.8 Å². The van der Waals surface area contributed by atoms with Gasteiger partial charge in [0.1, 0.15) is 18.0 Å². The fourth-order valence-electron chi connectivity index (χ4n) is 3.66. The third-order valence-corrected chi connectivity index (χ3v) is 4.64. The summed E-state index contributed by atoms with van der Waals surface area (Å²) < 4.78 is 16.1. The molecule has 1 aromatic rings. The lowest BCUT2D eigenvalue weighted by Gasteiger charge is -2.27. The molecule has 7 nitrogen and oxygen atoms in total. The zero-order valence-electron chi connectivity index (χ0n) is 12.4. The summed E-state index contributed by atoms with van der Waals surface area (Å²) in [6.45, 7) is 1.34. The molecular weight excluding hydrogens is 302 g/mol. The van der Waals surface area contributed by atoms with Crippen LogP contribution in [0.25, 0.3) is 0 Å². The second-order valence-electron chi connectivity index (χ2n) is 6.02. The maximum atomic E-state index is 12.8. The molecule has 0 aromatic carbocycles. The zero-order valence-corrected chi connectivity index (χ0v) is 12.4. The number of nitrogens with zero attached hydrogens (tertiary/aromatic N) is 1. The highest BCUT2D eigenvalue weighted by Gasteiger charge is 2.68. The van der Waals surface area contributed by atoms with Gasteiger partial charge in [-0.3, -0.25) is 19.3 Å². The molecule has 2 bridgehead atoms. The van der Waals surface area contributed by atoms with Crippen molar-refractivity contribution < 1.29 is 28.3 Å².